The van der Waals surface area contributed by atoms with E-state index >= 15 is 0 Å². The molecule has 0 N–H and O–H groups in total. The summed E-state index contributed by atoms with van der Waals surface area (Å²) in [6, 6.07) is 0. The lowest BCUT2D eigenvalue weighted by Crippen LogP contribution is -2.25. The fraction of sp³-hybridized carbons (Fsp3) is 1.00. The highest BCUT2D eigenvalue weighted by atomic mass is 16.5. The van der Waals surface area contributed by atoms with Crippen molar-refractivity contribution in [3.63, 3.8) is 0 Å². The predicted octanol–water partition coefficient (Wildman–Crippen LogP) is 0.938. The maximum Gasteiger partial charge on any atom is 0.0604 e. The summed E-state index contributed by atoms with van der Waals surface area (Å²) in [5, 5.41) is 0. The van der Waals surface area contributed by atoms with Crippen LogP contribution in [0.1, 0.15) is 19.3 Å². The lowest BCUT2D eigenvalue weighted by atomic mass is 10.2. The molecule has 0 amide bonds. The van der Waals surface area contributed by atoms with Crippen molar-refractivity contribution in [2.45, 2.75) is 31.5 Å². The summed E-state index contributed by atoms with van der Waals surface area (Å²) in [5.74, 6) is 0. The van der Waals surface area contributed by atoms with Crippen molar-refractivity contribution in [1.82, 2.24) is 0 Å². The first-order valence-electron chi connectivity index (χ1n) is 2.60. The van der Waals surface area contributed by atoms with Crippen molar-refractivity contribution < 1.29 is 4.74 Å². The van der Waals surface area contributed by atoms with Crippen LogP contribution in [0, 0.1) is 0 Å². The van der Waals surface area contributed by atoms with Crippen LogP contribution in [0.25, 0.3) is 0 Å². The van der Waals surface area contributed by atoms with Crippen LogP contribution < -0.4 is 0 Å². The summed E-state index contributed by atoms with van der Waals surface area (Å²) in [6.07, 6.45) is 5.42. The van der Waals surface area contributed by atoms with Crippen LogP contribution in [-0.4, -0.2) is 12.2 Å². The molecule has 2 atom stereocenters. The van der Waals surface area contributed by atoms with Gasteiger partial charge in [0.25, 0.3) is 0 Å². The second-order valence-corrected chi connectivity index (χ2v) is 2.19. The highest BCUT2D eigenvalue weighted by molar-refractivity contribution is 4.86. The van der Waals surface area contributed by atoms with E-state index in [9.17, 15) is 0 Å². The van der Waals surface area contributed by atoms with E-state index in [0.29, 0.717) is 12.2 Å². The quantitative estimate of drug-likeness (QED) is 0.424. The molecule has 0 aromatic heterocycles. The van der Waals surface area contributed by atoms with Crippen molar-refractivity contribution in [2.24, 2.45) is 0 Å². The summed E-state index contributed by atoms with van der Waals surface area (Å²) < 4.78 is 5.25. The summed E-state index contributed by atoms with van der Waals surface area (Å²) in [6.45, 7) is 0. The zero-order valence-corrected chi connectivity index (χ0v) is 3.68. The molecular weight excluding hydrogens is 76.1 g/mol. The van der Waals surface area contributed by atoms with E-state index in [1.54, 1.807) is 0 Å². The molecule has 1 nitrogen and oxygen atoms in total. The van der Waals surface area contributed by atoms with Crippen LogP contribution in [0.15, 0.2) is 0 Å². The van der Waals surface area contributed by atoms with Crippen molar-refractivity contribution in [1.29, 1.82) is 0 Å². The Morgan fingerprint density at radius 1 is 1.17 bits per heavy atom. The lowest BCUT2D eigenvalue weighted by molar-refractivity contribution is -0.0647. The summed E-state index contributed by atoms with van der Waals surface area (Å²) in [5.41, 5.74) is 0. The van der Waals surface area contributed by atoms with Gasteiger partial charge in [-0.3, -0.25) is 0 Å². The zero-order valence-electron chi connectivity index (χ0n) is 3.68. The Morgan fingerprint density at radius 3 is 1.83 bits per heavy atom. The van der Waals surface area contributed by atoms with Gasteiger partial charge in [-0.2, -0.15) is 0 Å². The number of hydrogen-bond acceptors (Lipinski definition) is 1. The normalized spacial score (nSPS) is 52.0. The van der Waals surface area contributed by atoms with Gasteiger partial charge >= 0.3 is 0 Å². The third-order valence-electron chi connectivity index (χ3n) is 1.72. The highest BCUT2D eigenvalue weighted by Crippen LogP contribution is 2.36. The Bertz CT molecular complexity index is 50.8. The number of rotatable bonds is 0. The van der Waals surface area contributed by atoms with Crippen molar-refractivity contribution in [3.8, 4) is 0 Å². The number of fused-ring (bicyclic) bond motifs is 1. The molecule has 3 fully saturated rings. The van der Waals surface area contributed by atoms with Gasteiger partial charge in [0.1, 0.15) is 0 Å². The predicted molar refractivity (Wildman–Crippen MR) is 22.5 cm³/mol. The number of hydrogen-bond donors (Lipinski definition) is 0. The Hall–Kier alpha value is -0.0400. The maximum absolute atomic E-state index is 5.25. The summed E-state index contributed by atoms with van der Waals surface area (Å²) >= 11 is 0. The smallest absolute Gasteiger partial charge is 0.0604 e. The van der Waals surface area contributed by atoms with Crippen molar-refractivity contribution >= 4 is 0 Å². The molecule has 6 heavy (non-hydrogen) atoms. The van der Waals surface area contributed by atoms with E-state index < -0.39 is 0 Å². The van der Waals surface area contributed by atoms with Gasteiger partial charge in [-0.15, -0.1) is 0 Å². The average molecular weight is 84.1 g/mol. The van der Waals surface area contributed by atoms with Crippen LogP contribution in [0.3, 0.4) is 0 Å². The second kappa shape index (κ2) is 0.784. The first-order chi connectivity index (χ1) is 2.95. The van der Waals surface area contributed by atoms with Gasteiger partial charge < -0.3 is 4.74 Å². The largest absolute Gasteiger partial charge is 0.375 e. The van der Waals surface area contributed by atoms with E-state index in [0.717, 1.165) is 0 Å². The van der Waals surface area contributed by atoms with Gasteiger partial charge in [0.2, 0.25) is 0 Å². The molecule has 2 saturated heterocycles. The molecule has 0 radical (unpaired) electrons. The average Bonchev–Trinajstić information content (AvgIpc) is 1.72. The topological polar surface area (TPSA) is 9.23 Å². The standard InChI is InChI=1S/C5H8O/c1-2-5-3-4(1)6-5/h4-5H,1-3H2/t4-,5?/m0/s1. The van der Waals surface area contributed by atoms with E-state index in [1.165, 1.54) is 19.3 Å². The molecule has 0 aromatic rings. The molecule has 1 heteroatoms. The van der Waals surface area contributed by atoms with Gasteiger partial charge in [0.05, 0.1) is 12.2 Å². The monoisotopic (exact) mass is 84.1 g/mol. The molecule has 1 unspecified atom stereocenters. The van der Waals surface area contributed by atoms with Gasteiger partial charge in [-0.25, -0.2) is 0 Å². The Balaban J connectivity index is 2.16. The van der Waals surface area contributed by atoms with Crippen LogP contribution in [0.2, 0.25) is 0 Å². The van der Waals surface area contributed by atoms with Gasteiger partial charge in [0, 0.05) is 0 Å². The summed E-state index contributed by atoms with van der Waals surface area (Å²) in [4.78, 5) is 0. The molecule has 1 aliphatic carbocycles. The number of ether oxygens (including phenoxy) is 1. The molecular formula is C5H8O. The molecule has 1 saturated carbocycles. The molecule has 34 valence electrons. The Labute approximate surface area is 37.3 Å². The third kappa shape index (κ3) is 0.207. The molecule has 2 aliphatic heterocycles. The van der Waals surface area contributed by atoms with Gasteiger partial charge in [-0.1, -0.05) is 0 Å². The minimum atomic E-state index is 0.690. The molecule has 3 rings (SSSR count). The Morgan fingerprint density at radius 2 is 1.67 bits per heavy atom. The fourth-order valence-corrected chi connectivity index (χ4v) is 1.30. The first kappa shape index (κ1) is 3.03. The van der Waals surface area contributed by atoms with Crippen LogP contribution in [0.5, 0.6) is 0 Å². The third-order valence-corrected chi connectivity index (χ3v) is 1.72. The maximum atomic E-state index is 5.25. The second-order valence-electron chi connectivity index (χ2n) is 2.19. The van der Waals surface area contributed by atoms with Crippen LogP contribution >= 0.6 is 0 Å². The fourth-order valence-electron chi connectivity index (χ4n) is 1.30. The van der Waals surface area contributed by atoms with Gasteiger partial charge in [0.15, 0.2) is 0 Å². The highest BCUT2D eigenvalue weighted by Gasteiger charge is 2.36. The van der Waals surface area contributed by atoms with E-state index in [2.05, 4.69) is 0 Å². The molecule has 2 bridgehead atoms. The minimum Gasteiger partial charge on any atom is -0.375 e. The van der Waals surface area contributed by atoms with Crippen molar-refractivity contribution in [3.05, 3.63) is 0 Å². The van der Waals surface area contributed by atoms with Gasteiger partial charge in [-0.05, 0) is 19.3 Å². The molecule has 0 aromatic carbocycles. The summed E-state index contributed by atoms with van der Waals surface area (Å²) in [7, 11) is 0. The minimum absolute atomic E-state index is 0.690. The van der Waals surface area contributed by atoms with Crippen molar-refractivity contribution in [2.75, 3.05) is 0 Å². The van der Waals surface area contributed by atoms with Crippen LogP contribution in [0.4, 0.5) is 0 Å². The SMILES string of the molecule is C1C[C@H]2CC1O2. The molecule has 0 spiro atoms. The van der Waals surface area contributed by atoms with E-state index in [4.69, 9.17) is 4.74 Å². The van der Waals surface area contributed by atoms with Crippen LogP contribution in [-0.2, 0) is 4.74 Å². The van der Waals surface area contributed by atoms with E-state index in [1.807, 2.05) is 0 Å². The lowest BCUT2D eigenvalue weighted by Gasteiger charge is -2.23. The first-order valence-corrected chi connectivity index (χ1v) is 2.60. The van der Waals surface area contributed by atoms with E-state index in [-0.39, 0.29) is 0 Å². The molecule has 3 aliphatic rings. The Kier molecular flexibility index (Phi) is 0.396. The molecule has 2 heterocycles. The zero-order chi connectivity index (χ0) is 3.98.